The molecule has 0 aliphatic carbocycles. The van der Waals surface area contributed by atoms with Crippen molar-refractivity contribution in [3.63, 3.8) is 0 Å². The number of hydrogen-bond donors (Lipinski definition) is 2. The number of benzene rings is 1. The molecule has 0 amide bonds. The number of aromatic nitrogens is 3. The van der Waals surface area contributed by atoms with E-state index in [-0.39, 0.29) is 23.7 Å². The van der Waals surface area contributed by atoms with E-state index in [1.54, 1.807) is 18.6 Å². The maximum Gasteiger partial charge on any atom is 0.189 e. The smallest absolute Gasteiger partial charge is 0.189 e. The Morgan fingerprint density at radius 3 is 2.91 bits per heavy atom. The Kier molecular flexibility index (Phi) is 6.28. The lowest BCUT2D eigenvalue weighted by atomic mass is 9.99. The van der Waals surface area contributed by atoms with Gasteiger partial charge in [-0.05, 0) is 42.6 Å². The van der Waals surface area contributed by atoms with Gasteiger partial charge in [0.2, 0.25) is 0 Å². The molecule has 0 unspecified atom stereocenters. The maximum atomic E-state index is 13.3. The van der Waals surface area contributed by atoms with Crippen molar-refractivity contribution >= 4 is 17.3 Å². The largest absolute Gasteiger partial charge is 0.382 e. The number of aryl methyl sites for hydroxylation is 1. The number of morpholine rings is 1. The molecule has 0 atom stereocenters. The molecule has 0 spiro atoms. The van der Waals surface area contributed by atoms with Gasteiger partial charge in [-0.25, -0.2) is 9.97 Å². The zero-order valence-corrected chi connectivity index (χ0v) is 18.6. The topological polar surface area (TPSA) is 106 Å². The van der Waals surface area contributed by atoms with Crippen LogP contribution in [-0.2, 0) is 24.1 Å². The molecular weight excluding hydrogens is 416 g/mol. The Morgan fingerprint density at radius 2 is 2.03 bits per heavy atom. The molecule has 8 heteroatoms. The van der Waals surface area contributed by atoms with E-state index in [4.69, 9.17) is 10.5 Å². The second kappa shape index (κ2) is 9.64. The first-order valence-corrected chi connectivity index (χ1v) is 11.4. The fourth-order valence-corrected chi connectivity index (χ4v) is 4.49. The number of hydrogen-bond acceptors (Lipinski definition) is 8. The minimum Gasteiger partial charge on any atom is -0.382 e. The third-order valence-electron chi connectivity index (χ3n) is 6.26. The van der Waals surface area contributed by atoms with Gasteiger partial charge in [0.15, 0.2) is 11.6 Å². The fraction of sp³-hybridized carbons (Fsp3) is 0.360. The van der Waals surface area contributed by atoms with Gasteiger partial charge >= 0.3 is 0 Å². The molecule has 4 heterocycles. The highest BCUT2D eigenvalue weighted by molar-refractivity contribution is 6.00. The first-order chi connectivity index (χ1) is 16.2. The Balaban J connectivity index is 1.41. The number of carbonyl (C=O) groups excluding carboxylic acids is 1. The van der Waals surface area contributed by atoms with E-state index in [9.17, 15) is 4.79 Å². The van der Waals surface area contributed by atoms with Crippen LogP contribution in [0.25, 0.3) is 11.3 Å². The second-order valence-electron chi connectivity index (χ2n) is 8.46. The summed E-state index contributed by atoms with van der Waals surface area (Å²) in [4.78, 5) is 28.7. The van der Waals surface area contributed by atoms with Crippen molar-refractivity contribution in [1.82, 2.24) is 20.3 Å². The van der Waals surface area contributed by atoms with E-state index in [2.05, 4.69) is 37.3 Å². The predicted octanol–water partition coefficient (Wildman–Crippen LogP) is 2.42. The number of nitrogens with zero attached hydrogens (tertiary/aromatic N) is 4. The highest BCUT2D eigenvalue weighted by Crippen LogP contribution is 2.26. The van der Waals surface area contributed by atoms with Crippen LogP contribution in [0.5, 0.6) is 0 Å². The van der Waals surface area contributed by atoms with E-state index < -0.39 is 0 Å². The number of pyridine rings is 1. The van der Waals surface area contributed by atoms with Crippen molar-refractivity contribution in [2.45, 2.75) is 25.8 Å². The minimum absolute atomic E-state index is 0.152. The van der Waals surface area contributed by atoms with Gasteiger partial charge in [-0.15, -0.1) is 0 Å². The van der Waals surface area contributed by atoms with Gasteiger partial charge in [0.25, 0.3) is 0 Å². The van der Waals surface area contributed by atoms with Crippen molar-refractivity contribution in [3.05, 3.63) is 65.2 Å². The number of ketones is 1. The van der Waals surface area contributed by atoms with Crippen LogP contribution in [0.4, 0.5) is 11.5 Å². The highest BCUT2D eigenvalue weighted by Gasteiger charge is 2.20. The van der Waals surface area contributed by atoms with Gasteiger partial charge in [-0.2, -0.15) is 0 Å². The van der Waals surface area contributed by atoms with Crippen molar-refractivity contribution in [3.8, 4) is 11.3 Å². The molecule has 2 aliphatic rings. The van der Waals surface area contributed by atoms with Crippen LogP contribution in [0, 0.1) is 0 Å². The first kappa shape index (κ1) is 21.5. The summed E-state index contributed by atoms with van der Waals surface area (Å²) in [5.41, 5.74) is 12.4. The fourth-order valence-electron chi connectivity index (χ4n) is 4.49. The third-order valence-corrected chi connectivity index (χ3v) is 6.26. The molecule has 0 radical (unpaired) electrons. The van der Waals surface area contributed by atoms with E-state index in [0.717, 1.165) is 55.8 Å². The molecule has 33 heavy (non-hydrogen) atoms. The molecule has 2 aliphatic heterocycles. The van der Waals surface area contributed by atoms with Crippen molar-refractivity contribution < 1.29 is 9.53 Å². The Bertz CT molecular complexity index is 1160. The summed E-state index contributed by atoms with van der Waals surface area (Å²) in [5.74, 6) is -0.0113. The predicted molar refractivity (Wildman–Crippen MR) is 127 cm³/mol. The molecule has 8 nitrogen and oxygen atoms in total. The van der Waals surface area contributed by atoms with Crippen LogP contribution in [0.3, 0.4) is 0 Å². The van der Waals surface area contributed by atoms with Gasteiger partial charge in [-0.3, -0.25) is 9.78 Å². The number of ether oxygens (including phenoxy) is 1. The molecular formula is C25H28N6O2. The van der Waals surface area contributed by atoms with Crippen LogP contribution >= 0.6 is 0 Å². The lowest BCUT2D eigenvalue weighted by Gasteiger charge is -2.30. The van der Waals surface area contributed by atoms with E-state index >= 15 is 0 Å². The minimum atomic E-state index is -0.164. The van der Waals surface area contributed by atoms with Gasteiger partial charge in [-0.1, -0.05) is 12.1 Å². The number of nitrogen functional groups attached to an aromatic ring is 1. The molecule has 0 bridgehead atoms. The summed E-state index contributed by atoms with van der Waals surface area (Å²) in [7, 11) is 0. The SMILES string of the molecule is Nc1ncc(-c2ccc3c(c2)CCCNC3)nc1C(=O)Cc1cnccc1N1CCOCC1. The normalized spacial score (nSPS) is 16.2. The number of carbonyl (C=O) groups is 1. The van der Waals surface area contributed by atoms with Crippen molar-refractivity contribution in [2.24, 2.45) is 0 Å². The number of Topliss-reactive ketones (excluding diaryl/α,β-unsaturated/α-hetero) is 1. The monoisotopic (exact) mass is 444 g/mol. The number of anilines is 2. The lowest BCUT2D eigenvalue weighted by Crippen LogP contribution is -2.37. The summed E-state index contributed by atoms with van der Waals surface area (Å²) in [5, 5.41) is 3.44. The Labute approximate surface area is 193 Å². The molecule has 1 aromatic carbocycles. The van der Waals surface area contributed by atoms with Crippen LogP contribution in [-0.4, -0.2) is 53.6 Å². The molecule has 2 aromatic heterocycles. The van der Waals surface area contributed by atoms with Gasteiger partial charge in [0, 0.05) is 55.3 Å². The summed E-state index contributed by atoms with van der Waals surface area (Å²) in [6.07, 6.45) is 7.43. The summed E-state index contributed by atoms with van der Waals surface area (Å²) in [6, 6.07) is 8.28. The average molecular weight is 445 g/mol. The zero-order chi connectivity index (χ0) is 22.6. The average Bonchev–Trinajstić information content (AvgIpc) is 3.10. The Hall–Kier alpha value is -3.36. The number of nitrogens with one attached hydrogen (secondary N) is 1. The molecule has 0 saturated carbocycles. The molecule has 170 valence electrons. The van der Waals surface area contributed by atoms with Gasteiger partial charge < -0.3 is 20.7 Å². The zero-order valence-electron chi connectivity index (χ0n) is 18.6. The molecule has 1 fully saturated rings. The molecule has 3 N–H and O–H groups in total. The van der Waals surface area contributed by atoms with Crippen molar-refractivity contribution in [2.75, 3.05) is 43.5 Å². The number of fused-ring (bicyclic) bond motifs is 1. The maximum absolute atomic E-state index is 13.3. The second-order valence-corrected chi connectivity index (χ2v) is 8.46. The molecule has 5 rings (SSSR count). The van der Waals surface area contributed by atoms with Gasteiger partial charge in [0.1, 0.15) is 5.69 Å². The van der Waals surface area contributed by atoms with Crippen LogP contribution in [0.1, 0.15) is 33.6 Å². The van der Waals surface area contributed by atoms with Crippen LogP contribution in [0.15, 0.2) is 42.9 Å². The lowest BCUT2D eigenvalue weighted by molar-refractivity contribution is 0.0988. The summed E-state index contributed by atoms with van der Waals surface area (Å²) in [6.45, 7) is 4.82. The summed E-state index contributed by atoms with van der Waals surface area (Å²) >= 11 is 0. The first-order valence-electron chi connectivity index (χ1n) is 11.4. The summed E-state index contributed by atoms with van der Waals surface area (Å²) < 4.78 is 5.46. The Morgan fingerprint density at radius 1 is 1.15 bits per heavy atom. The van der Waals surface area contributed by atoms with E-state index in [1.165, 1.54) is 11.1 Å². The van der Waals surface area contributed by atoms with Crippen LogP contribution in [0.2, 0.25) is 0 Å². The quantitative estimate of drug-likeness (QED) is 0.578. The van der Waals surface area contributed by atoms with E-state index in [0.29, 0.717) is 18.9 Å². The van der Waals surface area contributed by atoms with Crippen molar-refractivity contribution in [1.29, 1.82) is 0 Å². The van der Waals surface area contributed by atoms with Gasteiger partial charge in [0.05, 0.1) is 25.1 Å². The third kappa shape index (κ3) is 4.72. The highest BCUT2D eigenvalue weighted by atomic mass is 16.5. The van der Waals surface area contributed by atoms with Crippen LogP contribution < -0.4 is 16.0 Å². The number of nitrogens with two attached hydrogens (primary N) is 1. The standard InChI is InChI=1S/C25H28N6O2/c26-25-24(23(32)13-20-15-28-7-5-22(20)31-8-10-33-11-9-31)30-21(16-29-25)18-3-4-19-14-27-6-1-2-17(19)12-18/h3-5,7,12,15-16,27H,1-2,6,8-11,13-14H2,(H2,26,29). The number of rotatable bonds is 5. The van der Waals surface area contributed by atoms with E-state index in [1.807, 2.05) is 12.1 Å². The molecule has 3 aromatic rings. The molecule has 1 saturated heterocycles.